The van der Waals surface area contributed by atoms with Gasteiger partial charge < -0.3 is 14.2 Å². The third-order valence-electron chi connectivity index (χ3n) is 2.58. The topological polar surface area (TPSA) is 38.3 Å². The summed E-state index contributed by atoms with van der Waals surface area (Å²) in [7, 11) is 0. The van der Waals surface area contributed by atoms with E-state index in [0.717, 1.165) is 35.3 Å². The number of nitrogens with one attached hydrogen (secondary N) is 1. The van der Waals surface area contributed by atoms with E-state index in [1.165, 1.54) is 0 Å². The van der Waals surface area contributed by atoms with E-state index in [2.05, 4.69) is 32.2 Å². The normalized spacial score (nSPS) is 11.9. The Morgan fingerprint density at radius 1 is 1.05 bits per heavy atom. The maximum absolute atomic E-state index is 5.78. The monoisotopic (exact) mass is 279 g/mol. The maximum Gasteiger partial charge on any atom is 0.118 e. The van der Waals surface area contributed by atoms with E-state index in [4.69, 9.17) is 8.83 Å². The SMILES string of the molecule is CC(C)(C)NCc1ccc(CSCc2ccco2)o1. The number of furan rings is 2. The zero-order valence-corrected chi connectivity index (χ0v) is 12.5. The molecule has 2 rings (SSSR count). The van der Waals surface area contributed by atoms with Crippen LogP contribution in [0.1, 0.15) is 38.1 Å². The van der Waals surface area contributed by atoms with Crippen LogP contribution in [0.3, 0.4) is 0 Å². The minimum absolute atomic E-state index is 0.112. The lowest BCUT2D eigenvalue weighted by Crippen LogP contribution is -2.34. The van der Waals surface area contributed by atoms with Gasteiger partial charge in [0.05, 0.1) is 24.3 Å². The molecule has 0 spiro atoms. The largest absolute Gasteiger partial charge is 0.468 e. The van der Waals surface area contributed by atoms with E-state index >= 15 is 0 Å². The standard InChI is InChI=1S/C15H21NO2S/c1-15(2,3)16-9-12-6-7-14(18-12)11-19-10-13-5-4-8-17-13/h4-8,16H,9-11H2,1-3H3. The molecule has 3 nitrogen and oxygen atoms in total. The average molecular weight is 279 g/mol. The Morgan fingerprint density at radius 2 is 1.79 bits per heavy atom. The van der Waals surface area contributed by atoms with Crippen molar-refractivity contribution in [3.05, 3.63) is 47.8 Å². The lowest BCUT2D eigenvalue weighted by Gasteiger charge is -2.19. The molecule has 0 unspecified atom stereocenters. The summed E-state index contributed by atoms with van der Waals surface area (Å²) in [5.74, 6) is 4.76. The summed E-state index contributed by atoms with van der Waals surface area (Å²) in [6.45, 7) is 7.22. The first-order valence-corrected chi connectivity index (χ1v) is 7.61. The van der Waals surface area contributed by atoms with Crippen molar-refractivity contribution in [3.8, 4) is 0 Å². The van der Waals surface area contributed by atoms with Gasteiger partial charge in [-0.2, -0.15) is 0 Å². The van der Waals surface area contributed by atoms with Crippen LogP contribution in [0.15, 0.2) is 39.4 Å². The number of thioether (sulfide) groups is 1. The summed E-state index contributed by atoms with van der Waals surface area (Å²) in [6.07, 6.45) is 1.71. The van der Waals surface area contributed by atoms with Crippen LogP contribution in [-0.4, -0.2) is 5.54 Å². The van der Waals surface area contributed by atoms with E-state index in [1.807, 2.05) is 18.2 Å². The predicted octanol–water partition coefficient (Wildman–Crippen LogP) is 4.19. The van der Waals surface area contributed by atoms with Gasteiger partial charge in [0.2, 0.25) is 0 Å². The van der Waals surface area contributed by atoms with Gasteiger partial charge in [0, 0.05) is 5.54 Å². The number of rotatable bonds is 6. The molecule has 2 heterocycles. The van der Waals surface area contributed by atoms with E-state index in [0.29, 0.717) is 0 Å². The van der Waals surface area contributed by atoms with Gasteiger partial charge in [-0.25, -0.2) is 0 Å². The van der Waals surface area contributed by atoms with E-state index in [-0.39, 0.29) is 5.54 Å². The first kappa shape index (κ1) is 14.3. The Morgan fingerprint density at radius 3 is 2.47 bits per heavy atom. The lowest BCUT2D eigenvalue weighted by atomic mass is 10.1. The van der Waals surface area contributed by atoms with Gasteiger partial charge in [0.1, 0.15) is 17.3 Å². The molecule has 0 fully saturated rings. The predicted molar refractivity (Wildman–Crippen MR) is 79.0 cm³/mol. The number of hydrogen-bond donors (Lipinski definition) is 1. The Bertz CT molecular complexity index is 482. The van der Waals surface area contributed by atoms with Crippen molar-refractivity contribution in [3.63, 3.8) is 0 Å². The van der Waals surface area contributed by atoms with Crippen molar-refractivity contribution >= 4 is 11.8 Å². The van der Waals surface area contributed by atoms with Crippen molar-refractivity contribution in [2.24, 2.45) is 0 Å². The molecule has 2 aromatic heterocycles. The second-order valence-corrected chi connectivity index (χ2v) is 6.53. The van der Waals surface area contributed by atoms with Gasteiger partial charge in [0.15, 0.2) is 0 Å². The van der Waals surface area contributed by atoms with Gasteiger partial charge >= 0.3 is 0 Å². The molecule has 0 amide bonds. The summed E-state index contributed by atoms with van der Waals surface area (Å²) in [5, 5.41) is 3.41. The highest BCUT2D eigenvalue weighted by molar-refractivity contribution is 7.97. The van der Waals surface area contributed by atoms with Crippen molar-refractivity contribution < 1.29 is 8.83 Å². The van der Waals surface area contributed by atoms with Crippen LogP contribution in [-0.2, 0) is 18.1 Å². The lowest BCUT2D eigenvalue weighted by molar-refractivity contribution is 0.382. The smallest absolute Gasteiger partial charge is 0.118 e. The molecule has 0 aliphatic rings. The van der Waals surface area contributed by atoms with E-state index < -0.39 is 0 Å². The summed E-state index contributed by atoms with van der Waals surface area (Å²) in [6, 6.07) is 8.00. The highest BCUT2D eigenvalue weighted by Gasteiger charge is 2.10. The third kappa shape index (κ3) is 5.17. The van der Waals surface area contributed by atoms with Crippen LogP contribution < -0.4 is 5.32 Å². The molecule has 0 saturated carbocycles. The Labute approximate surface area is 118 Å². The molecule has 4 heteroatoms. The highest BCUT2D eigenvalue weighted by atomic mass is 32.2. The van der Waals surface area contributed by atoms with Crippen LogP contribution >= 0.6 is 11.8 Å². The van der Waals surface area contributed by atoms with Crippen molar-refractivity contribution in [2.75, 3.05) is 0 Å². The highest BCUT2D eigenvalue weighted by Crippen LogP contribution is 2.20. The first-order valence-electron chi connectivity index (χ1n) is 6.46. The quantitative estimate of drug-likeness (QED) is 0.860. The molecule has 1 N–H and O–H groups in total. The molecule has 0 aromatic carbocycles. The minimum atomic E-state index is 0.112. The molecule has 0 saturated heterocycles. The number of hydrogen-bond acceptors (Lipinski definition) is 4. The van der Waals surface area contributed by atoms with Crippen LogP contribution in [0.2, 0.25) is 0 Å². The van der Waals surface area contributed by atoms with Crippen molar-refractivity contribution in [2.45, 2.75) is 44.4 Å². The fourth-order valence-electron chi connectivity index (χ4n) is 1.59. The molecule has 0 atom stereocenters. The Hall–Kier alpha value is -1.13. The summed E-state index contributed by atoms with van der Waals surface area (Å²) in [4.78, 5) is 0. The summed E-state index contributed by atoms with van der Waals surface area (Å²) < 4.78 is 11.1. The molecule has 104 valence electrons. The zero-order valence-electron chi connectivity index (χ0n) is 11.7. The van der Waals surface area contributed by atoms with Crippen molar-refractivity contribution in [1.29, 1.82) is 0 Å². The molecule has 19 heavy (non-hydrogen) atoms. The zero-order chi connectivity index (χ0) is 13.7. The van der Waals surface area contributed by atoms with Crippen LogP contribution in [0.5, 0.6) is 0 Å². The van der Waals surface area contributed by atoms with Crippen LogP contribution in [0.4, 0.5) is 0 Å². The minimum Gasteiger partial charge on any atom is -0.468 e. The maximum atomic E-state index is 5.78. The molecular formula is C15H21NO2S. The second-order valence-electron chi connectivity index (χ2n) is 5.54. The summed E-state index contributed by atoms with van der Waals surface area (Å²) >= 11 is 1.79. The molecule has 0 aliphatic heterocycles. The van der Waals surface area contributed by atoms with Gasteiger partial charge in [-0.1, -0.05) is 0 Å². The molecule has 2 aromatic rings. The van der Waals surface area contributed by atoms with Crippen molar-refractivity contribution in [1.82, 2.24) is 5.32 Å². The Balaban J connectivity index is 1.74. The average Bonchev–Trinajstić information content (AvgIpc) is 2.97. The van der Waals surface area contributed by atoms with Gasteiger partial charge in [-0.05, 0) is 45.0 Å². The molecule has 0 bridgehead atoms. The van der Waals surface area contributed by atoms with Crippen LogP contribution in [0.25, 0.3) is 0 Å². The fourth-order valence-corrected chi connectivity index (χ4v) is 2.42. The molecular weight excluding hydrogens is 258 g/mol. The molecule has 0 radical (unpaired) electrons. The van der Waals surface area contributed by atoms with E-state index in [1.54, 1.807) is 18.0 Å². The second kappa shape index (κ2) is 6.35. The summed E-state index contributed by atoms with van der Waals surface area (Å²) in [5.41, 5.74) is 0.112. The van der Waals surface area contributed by atoms with Gasteiger partial charge in [-0.15, -0.1) is 11.8 Å². The molecule has 0 aliphatic carbocycles. The van der Waals surface area contributed by atoms with Gasteiger partial charge in [-0.3, -0.25) is 0 Å². The Kier molecular flexibility index (Phi) is 4.77. The third-order valence-corrected chi connectivity index (χ3v) is 3.56. The van der Waals surface area contributed by atoms with Crippen LogP contribution in [0, 0.1) is 0 Å². The van der Waals surface area contributed by atoms with Gasteiger partial charge in [0.25, 0.3) is 0 Å². The first-order chi connectivity index (χ1) is 9.03. The fraction of sp³-hybridized carbons (Fsp3) is 0.467. The van der Waals surface area contributed by atoms with E-state index in [9.17, 15) is 0 Å².